The summed E-state index contributed by atoms with van der Waals surface area (Å²) in [5.74, 6) is -0.268. The number of nitrogens with one attached hydrogen (secondary N) is 1. The van der Waals surface area contributed by atoms with Gasteiger partial charge in [-0.05, 0) is 57.8 Å². The molecule has 3 fully saturated rings. The lowest BCUT2D eigenvalue weighted by molar-refractivity contribution is -0.379. The van der Waals surface area contributed by atoms with Crippen LogP contribution < -0.4 is 5.32 Å². The van der Waals surface area contributed by atoms with Gasteiger partial charge in [0.25, 0.3) is 0 Å². The first-order chi connectivity index (χ1) is 53.8. The molecular formula is C91H167NO18. The number of hydrogen-bond acceptors (Lipinski definition) is 18. The molecule has 19 nitrogen and oxygen atoms in total. The molecule has 3 rings (SSSR count). The monoisotopic (exact) mass is 1560 g/mol. The number of carbonyl (C=O) groups excluding carboxylic acids is 1. The second-order valence-electron chi connectivity index (χ2n) is 32.4. The minimum atomic E-state index is -1.98. The van der Waals surface area contributed by atoms with Crippen LogP contribution in [0.4, 0.5) is 0 Å². The zero-order chi connectivity index (χ0) is 79.5. The molecule has 17 unspecified atom stereocenters. The average Bonchev–Trinajstić information content (AvgIpc) is 0.784. The first kappa shape index (κ1) is 102. The van der Waals surface area contributed by atoms with Crippen LogP contribution in [0.2, 0.25) is 0 Å². The fourth-order valence-electron chi connectivity index (χ4n) is 15.4. The Kier molecular flexibility index (Phi) is 65.3. The SMILES string of the molecule is CC/C=C\C/C=C\C/C=C\C/C=C\CCCCCCCCCCCCCCCCCCCCCCCCCCC(=O)NC(COC1OC(CO)C(OC2OC(CO)C(OC3OC(CO)C(O)C(O)C3O)C(O)C2O)C(O)C1O)C(O)/C=C/CCCCCCCCCCCCCCCCCCCCCCCCCCCC. The Hall–Kier alpha value is -2.51. The van der Waals surface area contributed by atoms with Crippen LogP contribution in [0.1, 0.15) is 380 Å². The standard InChI is InChI=1S/C91H167NO18/c1-3-5-7-9-11-13-15-17-19-21-23-25-27-29-31-33-34-35-36-37-38-39-40-41-43-45-47-49-51-53-55-57-59-61-63-65-67-69-79(97)92-74(75(96)68-66-64-62-60-58-56-54-52-50-48-46-44-42-32-30-28-26-24-22-20-18-16-14-12-10-8-6-4-2)73-105-89-85(103)82(100)87(77(71-94)107-89)110-91-86(104)83(101)88(78(72-95)108-91)109-90-84(102)81(99)80(98)76(70-93)106-90/h5,7,11,13,17,19,23,25,66,68,74-78,80-91,93-96,98-104H,3-4,6,8-10,12,14-16,18,20-22,24,26-65,67,69-73H2,1-2H3,(H,92,97)/b7-5-,13-11-,19-17-,25-23-,68-66+. The van der Waals surface area contributed by atoms with E-state index < -0.39 is 124 Å². The molecule has 0 radical (unpaired) electrons. The van der Waals surface area contributed by atoms with Gasteiger partial charge in [0.2, 0.25) is 5.91 Å². The third kappa shape index (κ3) is 48.9. The van der Waals surface area contributed by atoms with Gasteiger partial charge in [0.05, 0.1) is 38.6 Å². The molecule has 17 atom stereocenters. The number of rotatable bonds is 74. The van der Waals surface area contributed by atoms with Crippen molar-refractivity contribution in [1.29, 1.82) is 0 Å². The Balaban J connectivity index is 1.31. The van der Waals surface area contributed by atoms with Crippen molar-refractivity contribution in [2.75, 3.05) is 26.4 Å². The molecule has 644 valence electrons. The van der Waals surface area contributed by atoms with Crippen molar-refractivity contribution in [1.82, 2.24) is 5.32 Å². The van der Waals surface area contributed by atoms with Gasteiger partial charge in [-0.15, -0.1) is 0 Å². The summed E-state index contributed by atoms with van der Waals surface area (Å²) in [7, 11) is 0. The van der Waals surface area contributed by atoms with Crippen molar-refractivity contribution >= 4 is 5.91 Å². The zero-order valence-corrected chi connectivity index (χ0v) is 69.5. The quantitative estimate of drug-likeness (QED) is 0.0199. The normalized spacial score (nSPS) is 25.4. The third-order valence-electron chi connectivity index (χ3n) is 22.6. The summed E-state index contributed by atoms with van der Waals surface area (Å²) < 4.78 is 34.5. The van der Waals surface area contributed by atoms with Gasteiger partial charge in [-0.1, -0.05) is 376 Å². The molecule has 19 heteroatoms. The van der Waals surface area contributed by atoms with Crippen molar-refractivity contribution in [3.05, 3.63) is 60.8 Å². The van der Waals surface area contributed by atoms with Crippen LogP contribution in [0, 0.1) is 0 Å². The number of allylic oxidation sites excluding steroid dienone is 9. The molecule has 0 bridgehead atoms. The zero-order valence-electron chi connectivity index (χ0n) is 69.5. The number of aliphatic hydroxyl groups excluding tert-OH is 11. The van der Waals surface area contributed by atoms with Crippen LogP contribution in [0.3, 0.4) is 0 Å². The molecule has 0 aromatic rings. The highest BCUT2D eigenvalue weighted by molar-refractivity contribution is 5.76. The van der Waals surface area contributed by atoms with Gasteiger partial charge >= 0.3 is 0 Å². The smallest absolute Gasteiger partial charge is 0.220 e. The molecule has 3 aliphatic heterocycles. The van der Waals surface area contributed by atoms with Crippen LogP contribution in [0.15, 0.2) is 60.8 Å². The van der Waals surface area contributed by atoms with Gasteiger partial charge < -0.3 is 89.9 Å². The maximum absolute atomic E-state index is 13.5. The fraction of sp³-hybridized carbons (Fsp3) is 0.879. The number of ether oxygens (including phenoxy) is 6. The minimum absolute atomic E-state index is 0.247. The van der Waals surface area contributed by atoms with Crippen LogP contribution >= 0.6 is 0 Å². The number of carbonyl (C=O) groups is 1. The summed E-state index contributed by atoms with van der Waals surface area (Å²) >= 11 is 0. The lowest BCUT2D eigenvalue weighted by Gasteiger charge is -2.48. The summed E-state index contributed by atoms with van der Waals surface area (Å²) in [6, 6.07) is -0.975. The molecule has 0 saturated carbocycles. The van der Waals surface area contributed by atoms with E-state index in [4.69, 9.17) is 28.4 Å². The number of hydrogen-bond donors (Lipinski definition) is 12. The molecule has 1 amide bonds. The lowest BCUT2D eigenvalue weighted by Crippen LogP contribution is -2.66. The van der Waals surface area contributed by atoms with E-state index in [-0.39, 0.29) is 18.9 Å². The number of unbranched alkanes of at least 4 members (excludes halogenated alkanes) is 50. The van der Waals surface area contributed by atoms with Crippen LogP contribution in [0.5, 0.6) is 0 Å². The van der Waals surface area contributed by atoms with Crippen molar-refractivity contribution in [2.24, 2.45) is 0 Å². The highest BCUT2D eigenvalue weighted by atomic mass is 16.8. The van der Waals surface area contributed by atoms with E-state index in [2.05, 4.69) is 67.8 Å². The molecule has 110 heavy (non-hydrogen) atoms. The van der Waals surface area contributed by atoms with Crippen molar-refractivity contribution in [3.63, 3.8) is 0 Å². The summed E-state index contributed by atoms with van der Waals surface area (Å²) in [6.45, 7) is 1.69. The van der Waals surface area contributed by atoms with Crippen molar-refractivity contribution < 1.29 is 89.4 Å². The van der Waals surface area contributed by atoms with E-state index in [0.717, 1.165) is 70.6 Å². The largest absolute Gasteiger partial charge is 0.394 e. The summed E-state index contributed by atoms with van der Waals surface area (Å²) in [4.78, 5) is 13.5. The van der Waals surface area contributed by atoms with E-state index in [9.17, 15) is 61.0 Å². The second-order valence-corrected chi connectivity index (χ2v) is 32.4. The van der Waals surface area contributed by atoms with Crippen molar-refractivity contribution in [2.45, 2.75) is 484 Å². The van der Waals surface area contributed by atoms with Gasteiger partial charge in [-0.3, -0.25) is 4.79 Å². The molecule has 0 aromatic heterocycles. The molecule has 0 spiro atoms. The molecule has 3 aliphatic rings. The Labute approximate surface area is 668 Å². The third-order valence-corrected chi connectivity index (χ3v) is 22.6. The lowest BCUT2D eigenvalue weighted by atomic mass is 9.96. The Bertz CT molecular complexity index is 2220. The molecule has 3 heterocycles. The highest BCUT2D eigenvalue weighted by Gasteiger charge is 2.54. The average molecular weight is 1560 g/mol. The Morgan fingerprint density at radius 1 is 0.336 bits per heavy atom. The first-order valence-electron chi connectivity index (χ1n) is 45.5. The van der Waals surface area contributed by atoms with Gasteiger partial charge in [0.1, 0.15) is 73.2 Å². The predicted octanol–water partition coefficient (Wildman–Crippen LogP) is 17.4. The predicted molar refractivity (Wildman–Crippen MR) is 443 cm³/mol. The van der Waals surface area contributed by atoms with E-state index in [0.29, 0.717) is 6.42 Å². The van der Waals surface area contributed by atoms with Gasteiger partial charge in [0.15, 0.2) is 18.9 Å². The fourth-order valence-corrected chi connectivity index (χ4v) is 15.4. The topological polar surface area (TPSA) is 307 Å². The van der Waals surface area contributed by atoms with Gasteiger partial charge in [-0.25, -0.2) is 0 Å². The minimum Gasteiger partial charge on any atom is -0.394 e. The van der Waals surface area contributed by atoms with Crippen LogP contribution in [-0.2, 0) is 33.2 Å². The summed E-state index contributed by atoms with van der Waals surface area (Å²) in [5.41, 5.74) is 0. The van der Waals surface area contributed by atoms with E-state index >= 15 is 0 Å². The Morgan fingerprint density at radius 2 is 0.627 bits per heavy atom. The Morgan fingerprint density at radius 3 is 0.982 bits per heavy atom. The number of aliphatic hydroxyl groups is 11. The van der Waals surface area contributed by atoms with E-state index in [1.165, 1.54) is 283 Å². The summed E-state index contributed by atoms with van der Waals surface area (Å²) in [6.07, 6.45) is 66.6. The first-order valence-corrected chi connectivity index (χ1v) is 45.5. The van der Waals surface area contributed by atoms with E-state index in [1.807, 2.05) is 6.08 Å². The van der Waals surface area contributed by atoms with Crippen molar-refractivity contribution in [3.8, 4) is 0 Å². The van der Waals surface area contributed by atoms with Crippen LogP contribution in [0.25, 0.3) is 0 Å². The second kappa shape index (κ2) is 70.7. The molecule has 3 saturated heterocycles. The summed E-state index contributed by atoms with van der Waals surface area (Å²) in [5, 5.41) is 121. The maximum Gasteiger partial charge on any atom is 0.220 e. The van der Waals surface area contributed by atoms with Crippen LogP contribution in [-0.4, -0.2) is 193 Å². The van der Waals surface area contributed by atoms with E-state index in [1.54, 1.807) is 6.08 Å². The molecule has 12 N–H and O–H groups in total. The molecule has 0 aromatic carbocycles. The highest BCUT2D eigenvalue weighted by Crippen LogP contribution is 2.34. The number of amides is 1. The molecular weight excluding hydrogens is 1390 g/mol. The maximum atomic E-state index is 13.5. The van der Waals surface area contributed by atoms with Gasteiger partial charge in [-0.2, -0.15) is 0 Å². The molecule has 0 aliphatic carbocycles. The van der Waals surface area contributed by atoms with Gasteiger partial charge in [0, 0.05) is 6.42 Å².